The van der Waals surface area contributed by atoms with E-state index >= 15 is 0 Å². The highest BCUT2D eigenvalue weighted by molar-refractivity contribution is 5.75. The second-order valence-corrected chi connectivity index (χ2v) is 3.43. The molecule has 4 heteroatoms. The maximum Gasteiger partial charge on any atom is 0.207 e. The number of ketones is 1. The van der Waals surface area contributed by atoms with Crippen molar-refractivity contribution < 1.29 is 9.72 Å². The fraction of sp³-hybridized carbons (Fsp3) is 0.889. The van der Waals surface area contributed by atoms with Crippen molar-refractivity contribution in [3.05, 3.63) is 10.1 Å². The van der Waals surface area contributed by atoms with E-state index in [1.165, 1.54) is 6.92 Å². The maximum absolute atomic E-state index is 10.8. The minimum absolute atomic E-state index is 0.0444. The highest BCUT2D eigenvalue weighted by atomic mass is 16.6. The van der Waals surface area contributed by atoms with Gasteiger partial charge in [0.15, 0.2) is 0 Å². The van der Waals surface area contributed by atoms with Crippen LogP contribution in [0.25, 0.3) is 0 Å². The van der Waals surface area contributed by atoms with Crippen molar-refractivity contribution in [1.82, 2.24) is 0 Å². The highest BCUT2D eigenvalue weighted by Gasteiger charge is 2.16. The van der Waals surface area contributed by atoms with Gasteiger partial charge >= 0.3 is 0 Å². The van der Waals surface area contributed by atoms with Gasteiger partial charge in [0, 0.05) is 17.3 Å². The quantitative estimate of drug-likeness (QED) is 0.452. The molecule has 0 saturated heterocycles. The number of hydrogen-bond donors (Lipinski definition) is 0. The van der Waals surface area contributed by atoms with Gasteiger partial charge in [-0.15, -0.1) is 0 Å². The summed E-state index contributed by atoms with van der Waals surface area (Å²) < 4.78 is 0. The minimum atomic E-state index is -0.330. The topological polar surface area (TPSA) is 60.2 Å². The summed E-state index contributed by atoms with van der Waals surface area (Å²) in [5, 5.41) is 10.2. The number of rotatable bonds is 7. The average Bonchev–Trinajstić information content (AvgIpc) is 1.98. The van der Waals surface area contributed by atoms with Crippen LogP contribution in [0.1, 0.15) is 39.5 Å². The predicted molar refractivity (Wildman–Crippen MR) is 50.2 cm³/mol. The van der Waals surface area contributed by atoms with E-state index in [2.05, 4.69) is 0 Å². The summed E-state index contributed by atoms with van der Waals surface area (Å²) in [6, 6.07) is 0. The molecular formula is C9H17NO3. The zero-order valence-corrected chi connectivity index (χ0v) is 8.28. The number of carbonyl (C=O) groups excluding carboxylic acids is 1. The van der Waals surface area contributed by atoms with Gasteiger partial charge in [-0.2, -0.15) is 0 Å². The molecule has 0 fully saturated rings. The van der Waals surface area contributed by atoms with Crippen molar-refractivity contribution >= 4 is 5.78 Å². The Morgan fingerprint density at radius 1 is 1.54 bits per heavy atom. The van der Waals surface area contributed by atoms with Crippen molar-refractivity contribution in [2.24, 2.45) is 5.92 Å². The van der Waals surface area contributed by atoms with Crippen LogP contribution in [0.4, 0.5) is 0 Å². The van der Waals surface area contributed by atoms with Crippen LogP contribution in [0.5, 0.6) is 0 Å². The zero-order valence-electron chi connectivity index (χ0n) is 8.28. The number of nitro groups is 1. The third-order valence-corrected chi connectivity index (χ3v) is 1.95. The largest absolute Gasteiger partial charge is 0.300 e. The summed E-state index contributed by atoms with van der Waals surface area (Å²) in [5.74, 6) is -0.0181. The number of carbonyl (C=O) groups is 1. The molecular weight excluding hydrogens is 170 g/mol. The van der Waals surface area contributed by atoms with E-state index in [0.29, 0.717) is 6.42 Å². The molecule has 4 nitrogen and oxygen atoms in total. The smallest absolute Gasteiger partial charge is 0.207 e. The third kappa shape index (κ3) is 7.43. The van der Waals surface area contributed by atoms with Gasteiger partial charge in [0.05, 0.1) is 0 Å². The summed E-state index contributed by atoms with van der Waals surface area (Å²) in [6.07, 6.45) is 3.12. The first-order chi connectivity index (χ1) is 6.06. The summed E-state index contributed by atoms with van der Waals surface area (Å²) in [4.78, 5) is 20.7. The molecule has 0 heterocycles. The van der Waals surface area contributed by atoms with E-state index in [-0.39, 0.29) is 23.2 Å². The highest BCUT2D eigenvalue weighted by Crippen LogP contribution is 2.13. The van der Waals surface area contributed by atoms with Crippen LogP contribution in [0.2, 0.25) is 0 Å². The molecule has 0 unspecified atom stereocenters. The van der Waals surface area contributed by atoms with E-state index in [0.717, 1.165) is 19.3 Å². The van der Waals surface area contributed by atoms with Crippen molar-refractivity contribution in [3.8, 4) is 0 Å². The molecule has 0 saturated carbocycles. The molecule has 0 aliphatic carbocycles. The number of hydrogen-bond acceptors (Lipinski definition) is 3. The Morgan fingerprint density at radius 3 is 2.54 bits per heavy atom. The van der Waals surface area contributed by atoms with Gasteiger partial charge in [-0.05, 0) is 13.3 Å². The molecule has 0 bridgehead atoms. The zero-order chi connectivity index (χ0) is 10.3. The summed E-state index contributed by atoms with van der Waals surface area (Å²) in [7, 11) is 0. The van der Waals surface area contributed by atoms with Gasteiger partial charge in [-0.3, -0.25) is 10.1 Å². The van der Waals surface area contributed by atoms with E-state index in [1.54, 1.807) is 0 Å². The SMILES string of the molecule is CCCC[C@H](CC(C)=O)C[N+](=O)[O-]. The fourth-order valence-corrected chi connectivity index (χ4v) is 1.37. The van der Waals surface area contributed by atoms with Crippen LogP contribution in [0, 0.1) is 16.0 Å². The standard InChI is InChI=1S/C9H17NO3/c1-3-4-5-9(6-8(2)11)7-10(12)13/h9H,3-7H2,1-2H3/t9-/m1/s1. The Balaban J connectivity index is 3.87. The molecule has 0 aliphatic heterocycles. The monoisotopic (exact) mass is 187 g/mol. The van der Waals surface area contributed by atoms with Crippen LogP contribution < -0.4 is 0 Å². The van der Waals surface area contributed by atoms with Crippen molar-refractivity contribution in [2.75, 3.05) is 6.54 Å². The number of unbranched alkanes of at least 4 members (excludes halogenated alkanes) is 1. The Hall–Kier alpha value is -0.930. The lowest BCUT2D eigenvalue weighted by Gasteiger charge is -2.09. The summed E-state index contributed by atoms with van der Waals surface area (Å²) >= 11 is 0. The summed E-state index contributed by atoms with van der Waals surface area (Å²) in [6.45, 7) is 3.45. The van der Waals surface area contributed by atoms with Gasteiger partial charge in [0.1, 0.15) is 5.78 Å². The van der Waals surface area contributed by atoms with Crippen molar-refractivity contribution in [3.63, 3.8) is 0 Å². The summed E-state index contributed by atoms with van der Waals surface area (Å²) in [5.41, 5.74) is 0. The Bertz CT molecular complexity index is 164. The predicted octanol–water partition coefficient (Wildman–Crippen LogP) is 2.05. The third-order valence-electron chi connectivity index (χ3n) is 1.95. The van der Waals surface area contributed by atoms with Crippen LogP contribution >= 0.6 is 0 Å². The molecule has 13 heavy (non-hydrogen) atoms. The Morgan fingerprint density at radius 2 is 2.15 bits per heavy atom. The molecule has 0 aromatic rings. The lowest BCUT2D eigenvalue weighted by Crippen LogP contribution is -2.16. The second-order valence-electron chi connectivity index (χ2n) is 3.43. The molecule has 0 amide bonds. The van der Waals surface area contributed by atoms with Crippen LogP contribution in [-0.4, -0.2) is 17.3 Å². The fourth-order valence-electron chi connectivity index (χ4n) is 1.37. The van der Waals surface area contributed by atoms with Crippen molar-refractivity contribution in [2.45, 2.75) is 39.5 Å². The van der Waals surface area contributed by atoms with Crippen LogP contribution in [-0.2, 0) is 4.79 Å². The maximum atomic E-state index is 10.8. The van der Waals surface area contributed by atoms with E-state index in [9.17, 15) is 14.9 Å². The molecule has 76 valence electrons. The molecule has 0 aromatic heterocycles. The van der Waals surface area contributed by atoms with Crippen LogP contribution in [0.15, 0.2) is 0 Å². The number of nitrogens with zero attached hydrogens (tertiary/aromatic N) is 1. The van der Waals surface area contributed by atoms with Gasteiger partial charge in [-0.1, -0.05) is 19.8 Å². The average molecular weight is 187 g/mol. The Labute approximate surface area is 78.5 Å². The first-order valence-corrected chi connectivity index (χ1v) is 4.67. The molecule has 1 atom stereocenters. The lowest BCUT2D eigenvalue weighted by molar-refractivity contribution is -0.488. The van der Waals surface area contributed by atoms with Gasteiger partial charge in [0.25, 0.3) is 0 Å². The first kappa shape index (κ1) is 12.1. The van der Waals surface area contributed by atoms with Gasteiger partial charge in [-0.25, -0.2) is 0 Å². The molecule has 0 rings (SSSR count). The number of Topliss-reactive ketones (excluding diaryl/α,β-unsaturated/α-hetero) is 1. The molecule has 0 spiro atoms. The molecule has 0 aromatic carbocycles. The lowest BCUT2D eigenvalue weighted by atomic mass is 9.97. The molecule has 0 N–H and O–H groups in total. The van der Waals surface area contributed by atoms with E-state index < -0.39 is 0 Å². The van der Waals surface area contributed by atoms with Gasteiger partial charge < -0.3 is 4.79 Å². The Kier molecular flexibility index (Phi) is 6.10. The van der Waals surface area contributed by atoms with Crippen molar-refractivity contribution in [1.29, 1.82) is 0 Å². The molecule has 0 radical (unpaired) electrons. The van der Waals surface area contributed by atoms with Gasteiger partial charge in [0.2, 0.25) is 6.54 Å². The van der Waals surface area contributed by atoms with Crippen LogP contribution in [0.3, 0.4) is 0 Å². The molecule has 0 aliphatic rings. The van der Waals surface area contributed by atoms with E-state index in [4.69, 9.17) is 0 Å². The first-order valence-electron chi connectivity index (χ1n) is 4.67. The normalized spacial score (nSPS) is 12.5. The van der Waals surface area contributed by atoms with E-state index in [1.807, 2.05) is 6.92 Å². The minimum Gasteiger partial charge on any atom is -0.300 e. The second kappa shape index (κ2) is 6.57.